The second kappa shape index (κ2) is 7.65. The molecule has 0 bridgehead atoms. The first-order chi connectivity index (χ1) is 12.2. The van der Waals surface area contributed by atoms with Crippen LogP contribution in [0.4, 0.5) is 5.82 Å². The molecule has 0 aliphatic rings. The molecule has 0 saturated carbocycles. The Morgan fingerprint density at radius 3 is 2.80 bits per heavy atom. The molecule has 0 fully saturated rings. The van der Waals surface area contributed by atoms with Gasteiger partial charge in [0.2, 0.25) is 0 Å². The molecule has 0 atom stereocenters. The van der Waals surface area contributed by atoms with Gasteiger partial charge in [0.15, 0.2) is 11.5 Å². The van der Waals surface area contributed by atoms with Crippen molar-refractivity contribution in [2.75, 3.05) is 25.1 Å². The Hall–Kier alpha value is -2.41. The zero-order valence-corrected chi connectivity index (χ0v) is 15.4. The van der Waals surface area contributed by atoms with Crippen LogP contribution >= 0.6 is 0 Å². The number of anilines is 1. The number of hydrogen-bond donors (Lipinski definition) is 1. The van der Waals surface area contributed by atoms with E-state index in [1.54, 1.807) is 6.20 Å². The van der Waals surface area contributed by atoms with Crippen LogP contribution in [-0.4, -0.2) is 43.9 Å². The van der Waals surface area contributed by atoms with Gasteiger partial charge in [0.25, 0.3) is 0 Å². The number of rotatable bonds is 8. The average molecular weight is 342 g/mol. The Bertz CT molecular complexity index is 851. The third kappa shape index (κ3) is 3.51. The maximum atomic E-state index is 5.42. The molecule has 0 aliphatic carbocycles. The minimum absolute atomic E-state index is 0.755. The molecule has 0 aromatic carbocycles. The second-order valence-corrected chi connectivity index (χ2v) is 6.02. The summed E-state index contributed by atoms with van der Waals surface area (Å²) in [6, 6.07) is 1.99. The number of hydrogen-bond acceptors (Lipinski definition) is 5. The molecule has 3 aromatic rings. The molecule has 25 heavy (non-hydrogen) atoms. The summed E-state index contributed by atoms with van der Waals surface area (Å²) in [5, 5.41) is 8.29. The molecule has 0 aliphatic heterocycles. The highest BCUT2D eigenvalue weighted by Crippen LogP contribution is 2.24. The molecule has 0 spiro atoms. The number of imidazole rings is 1. The highest BCUT2D eigenvalue weighted by atomic mass is 16.5. The van der Waals surface area contributed by atoms with E-state index in [0.717, 1.165) is 61.3 Å². The van der Waals surface area contributed by atoms with E-state index in [1.165, 1.54) is 5.56 Å². The van der Waals surface area contributed by atoms with Gasteiger partial charge in [-0.3, -0.25) is 0 Å². The highest BCUT2D eigenvalue weighted by Gasteiger charge is 2.16. The van der Waals surface area contributed by atoms with Crippen molar-refractivity contribution in [2.45, 2.75) is 33.6 Å². The van der Waals surface area contributed by atoms with Crippen LogP contribution in [0.3, 0.4) is 0 Å². The molecule has 1 N–H and O–H groups in total. The van der Waals surface area contributed by atoms with Gasteiger partial charge < -0.3 is 14.6 Å². The zero-order chi connectivity index (χ0) is 17.8. The first-order valence-electron chi connectivity index (χ1n) is 8.84. The van der Waals surface area contributed by atoms with Crippen LogP contribution in [0.15, 0.2) is 18.5 Å². The van der Waals surface area contributed by atoms with Crippen molar-refractivity contribution in [3.8, 4) is 11.5 Å². The number of ether oxygens (including phenoxy) is 1. The molecule has 3 rings (SSSR count). The lowest BCUT2D eigenvalue weighted by Gasteiger charge is -2.14. The zero-order valence-electron chi connectivity index (χ0n) is 15.4. The van der Waals surface area contributed by atoms with Gasteiger partial charge in [0.05, 0.1) is 0 Å². The number of aromatic nitrogens is 5. The third-order valence-corrected chi connectivity index (χ3v) is 4.27. The fourth-order valence-corrected chi connectivity index (χ4v) is 3.01. The fraction of sp³-hybridized carbons (Fsp3) is 0.500. The SMILES string of the molecule is CCOCCCNc1c(CC)c(C)nc2cc(-c3nccn3C)nn12. The van der Waals surface area contributed by atoms with Crippen LogP contribution in [0, 0.1) is 6.92 Å². The molecule has 0 unspecified atom stereocenters. The van der Waals surface area contributed by atoms with Crippen molar-refractivity contribution in [3.63, 3.8) is 0 Å². The minimum atomic E-state index is 0.755. The van der Waals surface area contributed by atoms with Crippen molar-refractivity contribution in [2.24, 2.45) is 7.05 Å². The lowest BCUT2D eigenvalue weighted by molar-refractivity contribution is 0.147. The van der Waals surface area contributed by atoms with Crippen molar-refractivity contribution >= 4 is 11.5 Å². The summed E-state index contributed by atoms with van der Waals surface area (Å²) < 4.78 is 9.28. The minimum Gasteiger partial charge on any atom is -0.382 e. The van der Waals surface area contributed by atoms with Crippen molar-refractivity contribution < 1.29 is 4.74 Å². The molecule has 3 aromatic heterocycles. The Kier molecular flexibility index (Phi) is 5.33. The van der Waals surface area contributed by atoms with Crippen LogP contribution in [0.1, 0.15) is 31.5 Å². The van der Waals surface area contributed by atoms with Gasteiger partial charge >= 0.3 is 0 Å². The van der Waals surface area contributed by atoms with Gasteiger partial charge in [-0.2, -0.15) is 9.61 Å². The molecule has 7 nitrogen and oxygen atoms in total. The van der Waals surface area contributed by atoms with Gasteiger partial charge in [0.1, 0.15) is 11.5 Å². The lowest BCUT2D eigenvalue weighted by Crippen LogP contribution is -2.13. The van der Waals surface area contributed by atoms with Crippen LogP contribution in [0.5, 0.6) is 0 Å². The fourth-order valence-electron chi connectivity index (χ4n) is 3.01. The monoisotopic (exact) mass is 342 g/mol. The first-order valence-corrected chi connectivity index (χ1v) is 8.84. The maximum Gasteiger partial charge on any atom is 0.160 e. The van der Waals surface area contributed by atoms with E-state index >= 15 is 0 Å². The van der Waals surface area contributed by atoms with Crippen LogP contribution in [0.2, 0.25) is 0 Å². The molecular formula is C18H26N6O. The number of aryl methyl sites for hydroxylation is 2. The molecule has 3 heterocycles. The molecule has 7 heteroatoms. The van der Waals surface area contributed by atoms with Crippen LogP contribution in [-0.2, 0) is 18.2 Å². The summed E-state index contributed by atoms with van der Waals surface area (Å²) in [4.78, 5) is 9.12. The van der Waals surface area contributed by atoms with E-state index in [4.69, 9.17) is 14.8 Å². The maximum absolute atomic E-state index is 5.42. The highest BCUT2D eigenvalue weighted by molar-refractivity contribution is 5.63. The van der Waals surface area contributed by atoms with E-state index in [2.05, 4.69) is 24.1 Å². The molecule has 134 valence electrons. The normalized spacial score (nSPS) is 11.4. The Balaban J connectivity index is 1.97. The van der Waals surface area contributed by atoms with Crippen LogP contribution in [0.25, 0.3) is 17.2 Å². The summed E-state index contributed by atoms with van der Waals surface area (Å²) >= 11 is 0. The molecule has 0 amide bonds. The van der Waals surface area contributed by atoms with E-state index in [0.29, 0.717) is 0 Å². The van der Waals surface area contributed by atoms with E-state index in [9.17, 15) is 0 Å². The topological polar surface area (TPSA) is 69.3 Å². The second-order valence-electron chi connectivity index (χ2n) is 6.02. The van der Waals surface area contributed by atoms with E-state index < -0.39 is 0 Å². The molecular weight excluding hydrogens is 316 g/mol. The first kappa shape index (κ1) is 17.4. The van der Waals surface area contributed by atoms with Gasteiger partial charge in [-0.05, 0) is 26.7 Å². The summed E-state index contributed by atoms with van der Waals surface area (Å²) in [6.07, 6.45) is 5.55. The number of fused-ring (bicyclic) bond motifs is 1. The number of nitrogens with zero attached hydrogens (tertiary/aromatic N) is 5. The molecule has 0 saturated heterocycles. The van der Waals surface area contributed by atoms with Gasteiger partial charge in [0, 0.05) is 56.5 Å². The van der Waals surface area contributed by atoms with E-state index in [-0.39, 0.29) is 0 Å². The third-order valence-electron chi connectivity index (χ3n) is 4.27. The Morgan fingerprint density at radius 1 is 1.28 bits per heavy atom. The average Bonchev–Trinajstić information content (AvgIpc) is 3.20. The Labute approximate surface area is 148 Å². The largest absolute Gasteiger partial charge is 0.382 e. The summed E-state index contributed by atoms with van der Waals surface area (Å²) in [6.45, 7) is 8.56. The quantitative estimate of drug-likeness (QED) is 0.638. The summed E-state index contributed by atoms with van der Waals surface area (Å²) in [5.74, 6) is 1.85. The van der Waals surface area contributed by atoms with Crippen molar-refractivity contribution in [3.05, 3.63) is 29.7 Å². The summed E-state index contributed by atoms with van der Waals surface area (Å²) in [7, 11) is 1.97. The molecule has 0 radical (unpaired) electrons. The Morgan fingerprint density at radius 2 is 2.12 bits per heavy atom. The van der Waals surface area contributed by atoms with Gasteiger partial charge in [-0.25, -0.2) is 9.97 Å². The van der Waals surface area contributed by atoms with Gasteiger partial charge in [-0.1, -0.05) is 6.92 Å². The lowest BCUT2D eigenvalue weighted by atomic mass is 10.1. The standard InChI is InChI=1S/C18H26N6O/c1-5-14-13(3)21-16-12-15(18-20-9-10-23(18)4)22-24(16)17(14)19-8-7-11-25-6-2/h9-10,12,19H,5-8,11H2,1-4H3. The van der Waals surface area contributed by atoms with Gasteiger partial charge in [-0.15, -0.1) is 0 Å². The predicted octanol–water partition coefficient (Wildman–Crippen LogP) is 2.84. The van der Waals surface area contributed by atoms with Crippen LogP contribution < -0.4 is 5.32 Å². The summed E-state index contributed by atoms with van der Waals surface area (Å²) in [5.41, 5.74) is 3.89. The predicted molar refractivity (Wildman–Crippen MR) is 98.9 cm³/mol. The van der Waals surface area contributed by atoms with Crippen molar-refractivity contribution in [1.82, 2.24) is 24.1 Å². The number of nitrogens with one attached hydrogen (secondary N) is 1. The smallest absolute Gasteiger partial charge is 0.160 e. The van der Waals surface area contributed by atoms with Crippen molar-refractivity contribution in [1.29, 1.82) is 0 Å². The van der Waals surface area contributed by atoms with E-state index in [1.807, 2.05) is 35.3 Å².